The van der Waals surface area contributed by atoms with Crippen LogP contribution >= 0.6 is 11.6 Å². The van der Waals surface area contributed by atoms with Crippen molar-refractivity contribution in [1.29, 1.82) is 0 Å². The molecule has 4 rings (SSSR count). The quantitative estimate of drug-likeness (QED) is 0.0699. The number of unbranched alkanes of at least 4 members (excludes halogenated alkanes) is 1. The molecule has 0 spiro atoms. The number of hydrogen-bond acceptors (Lipinski definition) is 11. The summed E-state index contributed by atoms with van der Waals surface area (Å²) >= 11 is 6.47. The van der Waals surface area contributed by atoms with Gasteiger partial charge in [0.05, 0.1) is 0 Å². The number of hydrogen-bond donors (Lipinski definition) is 1. The Balaban J connectivity index is 1.46. The molecule has 4 aromatic rings. The fourth-order valence-corrected chi connectivity index (χ4v) is 5.02. The number of esters is 2. The number of tetrazole rings is 1. The van der Waals surface area contributed by atoms with Gasteiger partial charge in [0.15, 0.2) is 10.8 Å². The summed E-state index contributed by atoms with van der Waals surface area (Å²) in [6.07, 6.45) is 1.06. The number of rotatable bonds is 16. The van der Waals surface area contributed by atoms with E-state index in [4.69, 9.17) is 21.1 Å². The van der Waals surface area contributed by atoms with E-state index in [2.05, 4.69) is 37.4 Å². The molecule has 15 heteroatoms. The van der Waals surface area contributed by atoms with Gasteiger partial charge in [0.1, 0.15) is 11.9 Å². The Bertz CT molecular complexity index is 1590. The van der Waals surface area contributed by atoms with Crippen molar-refractivity contribution in [3.63, 3.8) is 0 Å². The average molecular weight is 640 g/mol. The first-order valence-corrected chi connectivity index (χ1v) is 14.9. The highest BCUT2D eigenvalue weighted by Gasteiger charge is 2.26. The lowest BCUT2D eigenvalue weighted by Crippen LogP contribution is -2.24. The van der Waals surface area contributed by atoms with Gasteiger partial charge in [-0.3, -0.25) is 4.79 Å². The molecule has 1 N–H and O–H groups in total. The second-order valence-corrected chi connectivity index (χ2v) is 10.7. The molecule has 0 bridgehead atoms. The molecule has 0 aliphatic rings. The minimum atomic E-state index is -1.20. The first-order chi connectivity index (χ1) is 21.7. The van der Waals surface area contributed by atoms with E-state index >= 15 is 0 Å². The number of H-pyrrole nitrogens is 1. The van der Waals surface area contributed by atoms with Crippen molar-refractivity contribution in [2.24, 2.45) is 0 Å². The van der Waals surface area contributed by atoms with Gasteiger partial charge in [-0.2, -0.15) is 5.21 Å². The molecule has 1 unspecified atom stereocenters. The third-order valence-corrected chi connectivity index (χ3v) is 7.16. The maximum Gasteiger partial charge on any atom is 0.361 e. The SMILES string of the molecule is CCCCc1nc(Cl)c(C(=O)OC(C)OC(=O)CCC[C@@H](C)O[N+](=O)[O-])n1Cc1ccc(-c2ccccc2-c2nn[nH]n2)cc1. The number of carbonyl (C=O) groups excluding carboxylic acids is 2. The molecule has 2 heterocycles. The number of aromatic nitrogens is 6. The van der Waals surface area contributed by atoms with Crippen molar-refractivity contribution in [2.75, 3.05) is 0 Å². The largest absolute Gasteiger partial charge is 0.425 e. The van der Waals surface area contributed by atoms with Crippen molar-refractivity contribution in [3.8, 4) is 22.5 Å². The van der Waals surface area contributed by atoms with Crippen LogP contribution < -0.4 is 0 Å². The van der Waals surface area contributed by atoms with Gasteiger partial charge in [0.2, 0.25) is 12.1 Å². The molecule has 0 radical (unpaired) electrons. The minimum Gasteiger partial charge on any atom is -0.425 e. The highest BCUT2D eigenvalue weighted by atomic mass is 35.5. The molecule has 45 heavy (non-hydrogen) atoms. The number of benzene rings is 2. The van der Waals surface area contributed by atoms with Crippen LogP contribution in [0.25, 0.3) is 22.5 Å². The summed E-state index contributed by atoms with van der Waals surface area (Å²) in [5.74, 6) is -0.277. The van der Waals surface area contributed by atoms with Gasteiger partial charge in [-0.05, 0) is 48.1 Å². The van der Waals surface area contributed by atoms with E-state index in [0.717, 1.165) is 35.1 Å². The standard InChI is InChI=1S/C30H34ClN7O7/c1-4-5-12-25-32-28(31)27(30(40)44-20(3)43-26(39)13-8-9-19(2)45-38(41)42)37(25)18-21-14-16-22(17-15-21)23-10-6-7-11-24(23)29-33-35-36-34-29/h6-7,10-11,14-17,19-20H,4-5,8-9,12-13,18H2,1-3H3,(H,33,34,35,36)/t19-,20?/m1/s1. The number of ether oxygens (including phenoxy) is 2. The van der Waals surface area contributed by atoms with Crippen LogP contribution in [-0.2, 0) is 32.1 Å². The molecule has 0 saturated carbocycles. The zero-order valence-electron chi connectivity index (χ0n) is 25.1. The summed E-state index contributed by atoms with van der Waals surface area (Å²) in [5, 5.41) is 23.9. The third kappa shape index (κ3) is 9.08. The van der Waals surface area contributed by atoms with Crippen LogP contribution in [-0.4, -0.2) is 59.6 Å². The van der Waals surface area contributed by atoms with E-state index in [1.165, 1.54) is 13.8 Å². The highest BCUT2D eigenvalue weighted by molar-refractivity contribution is 6.32. The van der Waals surface area contributed by atoms with E-state index in [0.29, 0.717) is 31.0 Å². The Morgan fingerprint density at radius 2 is 1.80 bits per heavy atom. The Morgan fingerprint density at radius 1 is 1.07 bits per heavy atom. The van der Waals surface area contributed by atoms with Crippen LogP contribution in [0.3, 0.4) is 0 Å². The normalized spacial score (nSPS) is 12.4. The first kappa shape index (κ1) is 33.1. The van der Waals surface area contributed by atoms with E-state index in [-0.39, 0.29) is 23.7 Å². The zero-order chi connectivity index (χ0) is 32.3. The molecule has 2 aromatic carbocycles. The maximum atomic E-state index is 13.3. The summed E-state index contributed by atoms with van der Waals surface area (Å²) in [7, 11) is 0. The van der Waals surface area contributed by atoms with Gasteiger partial charge < -0.3 is 18.9 Å². The topological polar surface area (TPSA) is 177 Å². The molecule has 2 atom stereocenters. The van der Waals surface area contributed by atoms with Crippen LogP contribution in [0.4, 0.5) is 0 Å². The molecule has 14 nitrogen and oxygen atoms in total. The number of imidazole rings is 1. The molecular formula is C30H34ClN7O7. The monoisotopic (exact) mass is 639 g/mol. The average Bonchev–Trinajstić information content (AvgIpc) is 3.64. The minimum absolute atomic E-state index is 0.00457. The highest BCUT2D eigenvalue weighted by Crippen LogP contribution is 2.30. The van der Waals surface area contributed by atoms with Gasteiger partial charge in [0.25, 0.3) is 5.09 Å². The van der Waals surface area contributed by atoms with Gasteiger partial charge in [-0.15, -0.1) is 20.3 Å². The summed E-state index contributed by atoms with van der Waals surface area (Å²) in [5.41, 5.74) is 3.67. The van der Waals surface area contributed by atoms with Gasteiger partial charge in [0, 0.05) is 31.9 Å². The van der Waals surface area contributed by atoms with Crippen molar-refractivity contribution >= 4 is 23.5 Å². The van der Waals surface area contributed by atoms with Gasteiger partial charge in [-0.25, -0.2) is 9.78 Å². The second kappa shape index (κ2) is 15.7. The lowest BCUT2D eigenvalue weighted by molar-refractivity contribution is -0.767. The summed E-state index contributed by atoms with van der Waals surface area (Å²) in [6, 6.07) is 15.6. The molecule has 0 fully saturated rings. The third-order valence-electron chi connectivity index (χ3n) is 6.90. The van der Waals surface area contributed by atoms with Crippen LogP contribution in [0, 0.1) is 10.1 Å². The molecule has 0 aliphatic carbocycles. The number of nitrogens with one attached hydrogen (secondary N) is 1. The number of aryl methyl sites for hydroxylation is 1. The Morgan fingerprint density at radius 3 is 2.47 bits per heavy atom. The summed E-state index contributed by atoms with van der Waals surface area (Å²) in [6.45, 7) is 5.31. The van der Waals surface area contributed by atoms with Gasteiger partial charge >= 0.3 is 11.9 Å². The lowest BCUT2D eigenvalue weighted by Gasteiger charge is -2.16. The van der Waals surface area contributed by atoms with Crippen LogP contribution in [0.5, 0.6) is 0 Å². The van der Waals surface area contributed by atoms with Crippen molar-refractivity contribution in [2.45, 2.75) is 78.2 Å². The van der Waals surface area contributed by atoms with Crippen molar-refractivity contribution < 1.29 is 29.0 Å². The van der Waals surface area contributed by atoms with E-state index < -0.39 is 29.4 Å². The molecule has 238 valence electrons. The van der Waals surface area contributed by atoms with Crippen molar-refractivity contribution in [3.05, 3.63) is 80.9 Å². The Hall–Kier alpha value is -4.85. The summed E-state index contributed by atoms with van der Waals surface area (Å²) in [4.78, 5) is 44.8. The number of carbonyl (C=O) groups is 2. The van der Waals surface area contributed by atoms with Crippen molar-refractivity contribution in [1.82, 2.24) is 30.2 Å². The Kier molecular flexibility index (Phi) is 11.6. The maximum absolute atomic E-state index is 13.3. The Labute approximate surface area is 264 Å². The van der Waals surface area contributed by atoms with Crippen LogP contribution in [0.2, 0.25) is 5.15 Å². The van der Waals surface area contributed by atoms with E-state index in [9.17, 15) is 19.7 Å². The number of halogens is 1. The number of nitrogens with zero attached hydrogens (tertiary/aromatic N) is 6. The first-order valence-electron chi connectivity index (χ1n) is 14.5. The number of aromatic amines is 1. The second-order valence-electron chi connectivity index (χ2n) is 10.3. The van der Waals surface area contributed by atoms with Crippen LogP contribution in [0.1, 0.15) is 74.8 Å². The predicted octanol–water partition coefficient (Wildman–Crippen LogP) is 5.59. The lowest BCUT2D eigenvalue weighted by atomic mass is 9.98. The predicted molar refractivity (Wildman–Crippen MR) is 162 cm³/mol. The van der Waals surface area contributed by atoms with E-state index in [1.807, 2.05) is 48.5 Å². The van der Waals surface area contributed by atoms with Crippen LogP contribution in [0.15, 0.2) is 48.5 Å². The molecule has 2 aromatic heterocycles. The van der Waals surface area contributed by atoms with Gasteiger partial charge in [-0.1, -0.05) is 73.5 Å². The van der Waals surface area contributed by atoms with E-state index in [1.54, 1.807) is 4.57 Å². The smallest absolute Gasteiger partial charge is 0.361 e. The summed E-state index contributed by atoms with van der Waals surface area (Å²) < 4.78 is 12.4. The molecule has 0 amide bonds. The molecule has 0 aliphatic heterocycles. The fraction of sp³-hybridized carbons (Fsp3) is 0.400. The molecular weight excluding hydrogens is 606 g/mol. The molecule has 0 saturated heterocycles. The fourth-order valence-electron chi connectivity index (χ4n) is 4.74. The zero-order valence-corrected chi connectivity index (χ0v) is 25.9.